The van der Waals surface area contributed by atoms with E-state index in [9.17, 15) is 9.59 Å². The molecule has 0 unspecified atom stereocenters. The van der Waals surface area contributed by atoms with E-state index in [1.807, 2.05) is 13.8 Å². The second-order valence-corrected chi connectivity index (χ2v) is 8.42. The minimum Gasteiger partial charge on any atom is -0.493 e. The lowest BCUT2D eigenvalue weighted by Gasteiger charge is -2.31. The van der Waals surface area contributed by atoms with E-state index in [4.69, 9.17) is 21.1 Å². The maximum Gasteiger partial charge on any atom is 0.254 e. The first-order chi connectivity index (χ1) is 15.3. The van der Waals surface area contributed by atoms with E-state index in [2.05, 4.69) is 10.4 Å². The Hall–Kier alpha value is -3.00. The third kappa shape index (κ3) is 6.03. The highest BCUT2D eigenvalue weighted by atomic mass is 35.5. The molecule has 32 heavy (non-hydrogen) atoms. The SMILES string of the molecule is COc1cc(/C=C/C(=O)N2CCC(NC(=O)c3cnn(C)c3)CC2)cc(Cl)c1OC(C)C. The lowest BCUT2D eigenvalue weighted by atomic mass is 10.0. The van der Waals surface area contributed by atoms with E-state index in [0.29, 0.717) is 48.0 Å². The number of aryl methyl sites for hydroxylation is 1. The third-order valence-electron chi connectivity index (χ3n) is 5.13. The van der Waals surface area contributed by atoms with Gasteiger partial charge in [0.1, 0.15) is 0 Å². The van der Waals surface area contributed by atoms with Crippen LogP contribution >= 0.6 is 11.6 Å². The molecule has 0 aliphatic carbocycles. The van der Waals surface area contributed by atoms with Gasteiger partial charge in [-0.3, -0.25) is 14.3 Å². The lowest BCUT2D eigenvalue weighted by Crippen LogP contribution is -2.46. The molecule has 0 atom stereocenters. The van der Waals surface area contributed by atoms with Crippen LogP contribution in [-0.4, -0.2) is 58.8 Å². The molecular weight excluding hydrogens is 432 g/mol. The van der Waals surface area contributed by atoms with E-state index in [-0.39, 0.29) is 24.0 Å². The minimum atomic E-state index is -0.140. The number of hydrogen-bond acceptors (Lipinski definition) is 5. The zero-order valence-corrected chi connectivity index (χ0v) is 19.6. The molecule has 1 saturated heterocycles. The Balaban J connectivity index is 1.55. The van der Waals surface area contributed by atoms with Gasteiger partial charge in [-0.2, -0.15) is 5.10 Å². The molecule has 3 rings (SSSR count). The van der Waals surface area contributed by atoms with Crippen molar-refractivity contribution in [1.82, 2.24) is 20.0 Å². The van der Waals surface area contributed by atoms with Gasteiger partial charge in [0.15, 0.2) is 11.5 Å². The molecule has 0 radical (unpaired) electrons. The van der Waals surface area contributed by atoms with Crippen molar-refractivity contribution >= 4 is 29.5 Å². The van der Waals surface area contributed by atoms with Crippen molar-refractivity contribution in [2.45, 2.75) is 38.8 Å². The predicted molar refractivity (Wildman–Crippen MR) is 123 cm³/mol. The number of likely N-dealkylation sites (tertiary alicyclic amines) is 1. The van der Waals surface area contributed by atoms with Crippen LogP contribution < -0.4 is 14.8 Å². The van der Waals surface area contributed by atoms with Crippen LogP contribution in [-0.2, 0) is 11.8 Å². The lowest BCUT2D eigenvalue weighted by molar-refractivity contribution is -0.127. The first kappa shape index (κ1) is 23.7. The summed E-state index contributed by atoms with van der Waals surface area (Å²) >= 11 is 6.35. The van der Waals surface area contributed by atoms with Gasteiger partial charge in [-0.25, -0.2) is 0 Å². The van der Waals surface area contributed by atoms with Gasteiger partial charge in [-0.1, -0.05) is 11.6 Å². The van der Waals surface area contributed by atoms with Gasteiger partial charge in [-0.15, -0.1) is 0 Å². The van der Waals surface area contributed by atoms with Crippen molar-refractivity contribution in [1.29, 1.82) is 0 Å². The maximum absolute atomic E-state index is 12.6. The summed E-state index contributed by atoms with van der Waals surface area (Å²) in [4.78, 5) is 26.7. The highest BCUT2D eigenvalue weighted by molar-refractivity contribution is 6.32. The number of hydrogen-bond donors (Lipinski definition) is 1. The average molecular weight is 461 g/mol. The molecule has 1 N–H and O–H groups in total. The Bertz CT molecular complexity index is 994. The Morgan fingerprint density at radius 2 is 2.00 bits per heavy atom. The number of carbonyl (C=O) groups is 2. The number of benzene rings is 1. The zero-order valence-electron chi connectivity index (χ0n) is 18.8. The molecule has 0 bridgehead atoms. The van der Waals surface area contributed by atoms with Crippen LogP contribution in [0.5, 0.6) is 11.5 Å². The molecular formula is C23H29ClN4O4. The minimum absolute atomic E-state index is 0.0345. The number of ether oxygens (including phenoxy) is 2. The quantitative estimate of drug-likeness (QED) is 0.641. The zero-order chi connectivity index (χ0) is 23.3. The smallest absolute Gasteiger partial charge is 0.254 e. The van der Waals surface area contributed by atoms with Gasteiger partial charge in [0.25, 0.3) is 5.91 Å². The number of piperidine rings is 1. The van der Waals surface area contributed by atoms with Gasteiger partial charge in [0, 0.05) is 38.5 Å². The summed E-state index contributed by atoms with van der Waals surface area (Å²) in [5, 5.41) is 7.46. The van der Waals surface area contributed by atoms with Crippen LogP contribution in [0.2, 0.25) is 5.02 Å². The van der Waals surface area contributed by atoms with Crippen molar-refractivity contribution in [3.8, 4) is 11.5 Å². The van der Waals surface area contributed by atoms with Crippen LogP contribution in [0.15, 0.2) is 30.6 Å². The van der Waals surface area contributed by atoms with Crippen molar-refractivity contribution in [3.63, 3.8) is 0 Å². The molecule has 2 heterocycles. The standard InChI is InChI=1S/C23H29ClN4O4/c1-15(2)32-22-19(24)11-16(12-20(22)31-4)5-6-21(29)28-9-7-18(8-10-28)26-23(30)17-13-25-27(3)14-17/h5-6,11-15,18H,7-10H2,1-4H3,(H,26,30)/b6-5+. The Morgan fingerprint density at radius 3 is 2.59 bits per heavy atom. The number of nitrogens with zero attached hydrogens (tertiary/aromatic N) is 3. The summed E-state index contributed by atoms with van der Waals surface area (Å²) in [6, 6.07) is 3.56. The summed E-state index contributed by atoms with van der Waals surface area (Å²) in [7, 11) is 3.32. The van der Waals surface area contributed by atoms with Crippen LogP contribution in [0.25, 0.3) is 6.08 Å². The fraction of sp³-hybridized carbons (Fsp3) is 0.435. The van der Waals surface area contributed by atoms with Crippen LogP contribution in [0, 0.1) is 0 Å². The van der Waals surface area contributed by atoms with E-state index in [1.54, 1.807) is 54.3 Å². The van der Waals surface area contributed by atoms with Gasteiger partial charge in [-0.05, 0) is 50.5 Å². The van der Waals surface area contributed by atoms with E-state index < -0.39 is 0 Å². The number of aromatic nitrogens is 2. The summed E-state index contributed by atoms with van der Waals surface area (Å²) in [5.74, 6) is 0.782. The maximum atomic E-state index is 12.6. The second kappa shape index (κ2) is 10.5. The van der Waals surface area contributed by atoms with E-state index in [1.165, 1.54) is 6.08 Å². The molecule has 9 heteroatoms. The number of halogens is 1. The second-order valence-electron chi connectivity index (χ2n) is 8.01. The van der Waals surface area contributed by atoms with Crippen LogP contribution in [0.4, 0.5) is 0 Å². The molecule has 0 saturated carbocycles. The van der Waals surface area contributed by atoms with Crippen molar-refractivity contribution in [2.75, 3.05) is 20.2 Å². The predicted octanol–water partition coefficient (Wildman–Crippen LogP) is 3.30. The molecule has 2 aromatic rings. The van der Waals surface area contributed by atoms with E-state index in [0.717, 1.165) is 5.56 Å². The average Bonchev–Trinajstić information content (AvgIpc) is 3.20. The molecule has 1 aliphatic heterocycles. The molecule has 2 amide bonds. The number of methoxy groups -OCH3 is 1. The fourth-order valence-electron chi connectivity index (χ4n) is 3.51. The molecule has 1 aromatic carbocycles. The van der Waals surface area contributed by atoms with Crippen molar-refractivity contribution in [2.24, 2.45) is 7.05 Å². The molecule has 172 valence electrons. The number of nitrogens with one attached hydrogen (secondary N) is 1. The monoisotopic (exact) mass is 460 g/mol. The normalized spacial score (nSPS) is 14.8. The van der Waals surface area contributed by atoms with Gasteiger partial charge >= 0.3 is 0 Å². The van der Waals surface area contributed by atoms with Crippen LogP contribution in [0.3, 0.4) is 0 Å². The largest absolute Gasteiger partial charge is 0.493 e. The molecule has 0 spiro atoms. The highest BCUT2D eigenvalue weighted by Crippen LogP contribution is 2.37. The summed E-state index contributed by atoms with van der Waals surface area (Å²) in [6.45, 7) is 4.98. The topological polar surface area (TPSA) is 85.7 Å². The first-order valence-corrected chi connectivity index (χ1v) is 10.9. The van der Waals surface area contributed by atoms with E-state index >= 15 is 0 Å². The number of amides is 2. The Morgan fingerprint density at radius 1 is 1.28 bits per heavy atom. The summed E-state index contributed by atoms with van der Waals surface area (Å²) < 4.78 is 12.7. The van der Waals surface area contributed by atoms with Crippen molar-refractivity contribution < 1.29 is 19.1 Å². The third-order valence-corrected chi connectivity index (χ3v) is 5.41. The van der Waals surface area contributed by atoms with Gasteiger partial charge in [0.2, 0.25) is 5.91 Å². The summed E-state index contributed by atoms with van der Waals surface area (Å²) in [5.41, 5.74) is 1.28. The van der Waals surface area contributed by atoms with Crippen LogP contribution in [0.1, 0.15) is 42.6 Å². The number of carbonyl (C=O) groups excluding carboxylic acids is 2. The molecule has 8 nitrogen and oxygen atoms in total. The molecule has 1 aromatic heterocycles. The number of rotatable bonds is 7. The first-order valence-electron chi connectivity index (χ1n) is 10.6. The highest BCUT2D eigenvalue weighted by Gasteiger charge is 2.23. The van der Waals surface area contributed by atoms with Gasteiger partial charge < -0.3 is 19.7 Å². The Kier molecular flexibility index (Phi) is 7.80. The Labute approximate surface area is 193 Å². The summed E-state index contributed by atoms with van der Waals surface area (Å²) in [6.07, 6.45) is 7.83. The fourth-order valence-corrected chi connectivity index (χ4v) is 3.77. The molecule has 1 fully saturated rings. The molecule has 1 aliphatic rings. The van der Waals surface area contributed by atoms with Crippen molar-refractivity contribution in [3.05, 3.63) is 46.8 Å². The van der Waals surface area contributed by atoms with Gasteiger partial charge in [0.05, 0.1) is 30.0 Å².